The molecule has 120 valence electrons. The number of methoxy groups -OCH3 is 1. The first-order chi connectivity index (χ1) is 11.3. The maximum absolute atomic E-state index is 12.2. The Hall–Kier alpha value is -2.01. The molecule has 2 aromatic rings. The van der Waals surface area contributed by atoms with E-state index in [2.05, 4.69) is 5.32 Å². The van der Waals surface area contributed by atoms with E-state index in [0.29, 0.717) is 30.6 Å². The fraction of sp³-hybridized carbons (Fsp3) is 0.500. The minimum Gasteiger partial charge on any atom is -0.385 e. The Balaban J connectivity index is 1.57. The maximum atomic E-state index is 12.2. The second-order valence-electron chi connectivity index (χ2n) is 6.51. The molecule has 0 aliphatic heterocycles. The minimum atomic E-state index is -0.0631. The van der Waals surface area contributed by atoms with Crippen molar-refractivity contribution in [3.63, 3.8) is 0 Å². The van der Waals surface area contributed by atoms with E-state index in [0.717, 1.165) is 17.5 Å². The first kappa shape index (κ1) is 14.6. The first-order valence-corrected chi connectivity index (χ1v) is 8.35. The van der Waals surface area contributed by atoms with Crippen LogP contribution in [-0.4, -0.2) is 36.1 Å². The number of hydrogen-bond acceptors (Lipinski definition) is 4. The summed E-state index contributed by atoms with van der Waals surface area (Å²) in [5.41, 5.74) is 4.75. The summed E-state index contributed by atoms with van der Waals surface area (Å²) in [5.74, 6) is 1.13. The van der Waals surface area contributed by atoms with Crippen molar-refractivity contribution in [2.45, 2.75) is 37.5 Å². The van der Waals surface area contributed by atoms with E-state index >= 15 is 0 Å². The van der Waals surface area contributed by atoms with Crippen molar-refractivity contribution in [3.05, 3.63) is 35.2 Å². The molecule has 2 bridgehead atoms. The molecule has 1 saturated carbocycles. The monoisotopic (exact) mass is 311 g/mol. The Morgan fingerprint density at radius 1 is 1.22 bits per heavy atom. The van der Waals surface area contributed by atoms with Crippen LogP contribution in [0.3, 0.4) is 0 Å². The maximum Gasteiger partial charge on any atom is 0.251 e. The highest BCUT2D eigenvalue weighted by Gasteiger charge is 2.39. The van der Waals surface area contributed by atoms with Crippen molar-refractivity contribution in [1.29, 1.82) is 0 Å². The van der Waals surface area contributed by atoms with Gasteiger partial charge < -0.3 is 10.1 Å². The van der Waals surface area contributed by atoms with E-state index in [1.807, 2.05) is 18.2 Å². The van der Waals surface area contributed by atoms with Crippen LogP contribution >= 0.6 is 0 Å². The highest BCUT2D eigenvalue weighted by Crippen LogP contribution is 2.51. The van der Waals surface area contributed by atoms with Gasteiger partial charge in [-0.3, -0.25) is 4.79 Å². The van der Waals surface area contributed by atoms with Gasteiger partial charge in [-0.25, -0.2) is 9.97 Å². The lowest BCUT2D eigenvalue weighted by molar-refractivity contribution is 0.0948. The number of amides is 1. The molecule has 1 amide bonds. The van der Waals surface area contributed by atoms with Crippen LogP contribution in [0.25, 0.3) is 11.0 Å². The van der Waals surface area contributed by atoms with Gasteiger partial charge in [-0.05, 0) is 43.9 Å². The third-order valence-corrected chi connectivity index (χ3v) is 5.00. The molecule has 2 atom stereocenters. The van der Waals surface area contributed by atoms with E-state index in [-0.39, 0.29) is 5.91 Å². The SMILES string of the molecule is COCCCNC(=O)c1ccc2nc3c(nc2c1)C1CCC3C1. The second kappa shape index (κ2) is 5.89. The van der Waals surface area contributed by atoms with Crippen LogP contribution < -0.4 is 5.32 Å². The molecule has 5 nitrogen and oxygen atoms in total. The van der Waals surface area contributed by atoms with Crippen LogP contribution in [0.2, 0.25) is 0 Å². The van der Waals surface area contributed by atoms with Crippen molar-refractivity contribution in [2.24, 2.45) is 0 Å². The molecular weight excluding hydrogens is 290 g/mol. The summed E-state index contributed by atoms with van der Waals surface area (Å²) in [5, 5.41) is 2.91. The number of carbonyl (C=O) groups excluding carboxylic acids is 1. The van der Waals surface area contributed by atoms with Gasteiger partial charge in [0.1, 0.15) is 0 Å². The number of ether oxygens (including phenoxy) is 1. The normalized spacial score (nSPS) is 21.6. The molecule has 1 aromatic heterocycles. The van der Waals surface area contributed by atoms with Crippen molar-refractivity contribution in [3.8, 4) is 0 Å². The molecule has 1 fully saturated rings. The number of fused-ring (bicyclic) bond motifs is 6. The average Bonchev–Trinajstić information content (AvgIpc) is 3.18. The van der Waals surface area contributed by atoms with Crippen LogP contribution in [0, 0.1) is 0 Å². The summed E-state index contributed by atoms with van der Waals surface area (Å²) in [7, 11) is 1.66. The third-order valence-electron chi connectivity index (χ3n) is 5.00. The predicted molar refractivity (Wildman–Crippen MR) is 87.7 cm³/mol. The largest absolute Gasteiger partial charge is 0.385 e. The van der Waals surface area contributed by atoms with Crippen LogP contribution in [0.5, 0.6) is 0 Å². The smallest absolute Gasteiger partial charge is 0.251 e. The number of benzene rings is 1. The van der Waals surface area contributed by atoms with Crippen LogP contribution in [0.15, 0.2) is 18.2 Å². The van der Waals surface area contributed by atoms with Gasteiger partial charge in [-0.2, -0.15) is 0 Å². The van der Waals surface area contributed by atoms with Crippen molar-refractivity contribution in [1.82, 2.24) is 15.3 Å². The van der Waals surface area contributed by atoms with Gasteiger partial charge in [-0.15, -0.1) is 0 Å². The molecule has 4 rings (SSSR count). The first-order valence-electron chi connectivity index (χ1n) is 8.35. The molecule has 23 heavy (non-hydrogen) atoms. The molecule has 0 saturated heterocycles. The van der Waals surface area contributed by atoms with E-state index in [4.69, 9.17) is 14.7 Å². The summed E-state index contributed by atoms with van der Waals surface area (Å²) < 4.78 is 4.98. The van der Waals surface area contributed by atoms with Crippen molar-refractivity contribution in [2.75, 3.05) is 20.3 Å². The van der Waals surface area contributed by atoms with Gasteiger partial charge >= 0.3 is 0 Å². The standard InChI is InChI=1S/C18H21N3O2/c1-23-8-2-7-19-18(22)13-5-6-14-15(10-13)21-17-12-4-3-11(9-12)16(17)20-14/h5-6,10-12H,2-4,7-9H2,1H3,(H,19,22). The molecule has 0 spiro atoms. The Bertz CT molecular complexity index is 759. The van der Waals surface area contributed by atoms with Gasteiger partial charge in [0, 0.05) is 37.7 Å². The number of carbonyl (C=O) groups is 1. The third kappa shape index (κ3) is 2.59. The Kier molecular flexibility index (Phi) is 3.73. The Morgan fingerprint density at radius 2 is 1.96 bits per heavy atom. The van der Waals surface area contributed by atoms with Gasteiger partial charge in [0.05, 0.1) is 22.4 Å². The van der Waals surface area contributed by atoms with Gasteiger partial charge in [0.15, 0.2) is 0 Å². The zero-order valence-electron chi connectivity index (χ0n) is 13.3. The zero-order valence-corrected chi connectivity index (χ0v) is 13.3. The quantitative estimate of drug-likeness (QED) is 0.862. The molecule has 2 aliphatic carbocycles. The topological polar surface area (TPSA) is 64.1 Å². The molecule has 0 radical (unpaired) electrons. The predicted octanol–water partition coefficient (Wildman–Crippen LogP) is 2.76. The van der Waals surface area contributed by atoms with Gasteiger partial charge in [0.2, 0.25) is 0 Å². The van der Waals surface area contributed by atoms with Gasteiger partial charge in [-0.1, -0.05) is 0 Å². The number of rotatable bonds is 5. The summed E-state index contributed by atoms with van der Waals surface area (Å²) in [6, 6.07) is 5.61. The summed E-state index contributed by atoms with van der Waals surface area (Å²) in [6.45, 7) is 1.27. The number of nitrogens with zero attached hydrogens (tertiary/aromatic N) is 2. The highest BCUT2D eigenvalue weighted by molar-refractivity contribution is 5.97. The summed E-state index contributed by atoms with van der Waals surface area (Å²) >= 11 is 0. The minimum absolute atomic E-state index is 0.0631. The molecule has 2 unspecified atom stereocenters. The number of nitrogens with one attached hydrogen (secondary N) is 1. The average molecular weight is 311 g/mol. The fourth-order valence-corrected chi connectivity index (χ4v) is 3.82. The summed E-state index contributed by atoms with van der Waals surface area (Å²) in [4.78, 5) is 21.9. The van der Waals surface area contributed by atoms with Crippen LogP contribution in [-0.2, 0) is 4.74 Å². The number of aromatic nitrogens is 2. The van der Waals surface area contributed by atoms with Crippen molar-refractivity contribution >= 4 is 16.9 Å². The van der Waals surface area contributed by atoms with Crippen LogP contribution in [0.4, 0.5) is 0 Å². The van der Waals surface area contributed by atoms with Gasteiger partial charge in [0.25, 0.3) is 5.91 Å². The Morgan fingerprint density at radius 3 is 2.70 bits per heavy atom. The lowest BCUT2D eigenvalue weighted by Crippen LogP contribution is -2.25. The lowest BCUT2D eigenvalue weighted by atomic mass is 10.00. The fourth-order valence-electron chi connectivity index (χ4n) is 3.82. The number of hydrogen-bond donors (Lipinski definition) is 1. The molecule has 1 aromatic carbocycles. The summed E-state index contributed by atoms with van der Waals surface area (Å²) in [6.07, 6.45) is 4.50. The van der Waals surface area contributed by atoms with E-state index in [1.165, 1.54) is 30.7 Å². The van der Waals surface area contributed by atoms with E-state index < -0.39 is 0 Å². The highest BCUT2D eigenvalue weighted by atomic mass is 16.5. The van der Waals surface area contributed by atoms with Crippen LogP contribution in [0.1, 0.15) is 59.3 Å². The molecular formula is C18H21N3O2. The molecule has 1 N–H and O–H groups in total. The zero-order chi connectivity index (χ0) is 15.8. The molecule has 5 heteroatoms. The molecule has 1 heterocycles. The Labute approximate surface area is 135 Å². The lowest BCUT2D eigenvalue weighted by Gasteiger charge is -2.14. The van der Waals surface area contributed by atoms with Crippen molar-refractivity contribution < 1.29 is 9.53 Å². The molecule has 2 aliphatic rings. The second-order valence-corrected chi connectivity index (χ2v) is 6.51. The van der Waals surface area contributed by atoms with E-state index in [1.54, 1.807) is 7.11 Å². The van der Waals surface area contributed by atoms with E-state index in [9.17, 15) is 4.79 Å².